The summed E-state index contributed by atoms with van der Waals surface area (Å²) >= 11 is 0. The summed E-state index contributed by atoms with van der Waals surface area (Å²) in [6, 6.07) is 5.79. The van der Waals surface area contributed by atoms with Gasteiger partial charge in [-0.05, 0) is 39.0 Å². The molecule has 1 atom stereocenters. The van der Waals surface area contributed by atoms with Crippen LogP contribution in [0.1, 0.15) is 35.6 Å². The molecule has 1 heterocycles. The first-order valence-electron chi connectivity index (χ1n) is 6.22. The van der Waals surface area contributed by atoms with E-state index in [0.29, 0.717) is 0 Å². The van der Waals surface area contributed by atoms with E-state index in [1.165, 1.54) is 18.2 Å². The van der Waals surface area contributed by atoms with Gasteiger partial charge in [0.2, 0.25) is 0 Å². The van der Waals surface area contributed by atoms with Gasteiger partial charge in [0.25, 0.3) is 0 Å². The number of aryl methyl sites for hydroxylation is 2. The second kappa shape index (κ2) is 5.53. The average Bonchev–Trinajstić information content (AvgIpc) is 2.67. The van der Waals surface area contributed by atoms with E-state index in [2.05, 4.69) is 5.32 Å². The van der Waals surface area contributed by atoms with Crippen molar-refractivity contribution < 1.29 is 13.2 Å². The number of halogens is 2. The van der Waals surface area contributed by atoms with E-state index in [4.69, 9.17) is 4.42 Å². The van der Waals surface area contributed by atoms with Crippen molar-refractivity contribution in [3.8, 4) is 0 Å². The Bertz CT molecular complexity index is 557. The molecule has 102 valence electrons. The fourth-order valence-corrected chi connectivity index (χ4v) is 2.15. The van der Waals surface area contributed by atoms with Crippen LogP contribution in [-0.4, -0.2) is 0 Å². The van der Waals surface area contributed by atoms with Gasteiger partial charge in [-0.3, -0.25) is 0 Å². The maximum absolute atomic E-state index is 13.5. The van der Waals surface area contributed by atoms with E-state index in [1.807, 2.05) is 26.8 Å². The molecule has 2 nitrogen and oxygen atoms in total. The number of rotatable bonds is 4. The maximum atomic E-state index is 13.5. The summed E-state index contributed by atoms with van der Waals surface area (Å²) in [4.78, 5) is 0. The van der Waals surface area contributed by atoms with Crippen molar-refractivity contribution in [2.24, 2.45) is 0 Å². The highest BCUT2D eigenvalue weighted by Crippen LogP contribution is 2.22. The van der Waals surface area contributed by atoms with Gasteiger partial charge in [0, 0.05) is 23.7 Å². The van der Waals surface area contributed by atoms with E-state index in [1.54, 1.807) is 0 Å². The third kappa shape index (κ3) is 3.01. The molecule has 1 N–H and O–H groups in total. The molecule has 4 heteroatoms. The van der Waals surface area contributed by atoms with Gasteiger partial charge in [-0.1, -0.05) is 6.07 Å². The van der Waals surface area contributed by atoms with Gasteiger partial charge in [-0.15, -0.1) is 0 Å². The third-order valence-electron chi connectivity index (χ3n) is 3.19. The van der Waals surface area contributed by atoms with Crippen LogP contribution in [0.2, 0.25) is 0 Å². The molecule has 0 fully saturated rings. The Labute approximate surface area is 111 Å². The first kappa shape index (κ1) is 13.7. The van der Waals surface area contributed by atoms with Gasteiger partial charge in [0.05, 0.1) is 0 Å². The van der Waals surface area contributed by atoms with Crippen LogP contribution in [0.4, 0.5) is 8.78 Å². The number of hydrogen-bond acceptors (Lipinski definition) is 2. The standard InChI is InChI=1S/C15H17F2NO/c1-9-7-12(11(3)19-9)10(2)18-8-13-14(16)5-4-6-15(13)17/h4-7,10,18H,8H2,1-3H3. The third-order valence-corrected chi connectivity index (χ3v) is 3.19. The second-order valence-corrected chi connectivity index (χ2v) is 4.67. The zero-order chi connectivity index (χ0) is 14.0. The van der Waals surface area contributed by atoms with Crippen molar-refractivity contribution >= 4 is 0 Å². The van der Waals surface area contributed by atoms with Gasteiger partial charge in [0.15, 0.2) is 0 Å². The molecule has 0 aliphatic heterocycles. The Morgan fingerprint density at radius 3 is 2.37 bits per heavy atom. The average molecular weight is 265 g/mol. The Hall–Kier alpha value is -1.68. The summed E-state index contributed by atoms with van der Waals surface area (Å²) in [5, 5.41) is 3.11. The molecule has 2 aromatic rings. The minimum Gasteiger partial charge on any atom is -0.466 e. The summed E-state index contributed by atoms with van der Waals surface area (Å²) in [7, 11) is 0. The lowest BCUT2D eigenvalue weighted by molar-refractivity contribution is 0.482. The highest BCUT2D eigenvalue weighted by molar-refractivity contribution is 5.24. The van der Waals surface area contributed by atoms with Crippen LogP contribution < -0.4 is 5.32 Å². The van der Waals surface area contributed by atoms with Crippen molar-refractivity contribution in [3.05, 3.63) is 58.5 Å². The predicted molar refractivity (Wildman–Crippen MR) is 69.8 cm³/mol. The summed E-state index contributed by atoms with van der Waals surface area (Å²) in [5.41, 5.74) is 1.07. The van der Waals surface area contributed by atoms with E-state index in [0.717, 1.165) is 17.1 Å². The van der Waals surface area contributed by atoms with Gasteiger partial charge < -0.3 is 9.73 Å². The van der Waals surface area contributed by atoms with Crippen LogP contribution in [0.15, 0.2) is 28.7 Å². The molecule has 1 unspecified atom stereocenters. The van der Waals surface area contributed by atoms with E-state index in [-0.39, 0.29) is 18.2 Å². The van der Waals surface area contributed by atoms with E-state index < -0.39 is 11.6 Å². The molecule has 0 amide bonds. The molecule has 19 heavy (non-hydrogen) atoms. The molecule has 1 aromatic carbocycles. The summed E-state index contributed by atoms with van der Waals surface area (Å²) in [6.07, 6.45) is 0. The van der Waals surface area contributed by atoms with Gasteiger partial charge in [-0.2, -0.15) is 0 Å². The molecule has 0 saturated heterocycles. The zero-order valence-electron chi connectivity index (χ0n) is 11.3. The molecule has 0 saturated carbocycles. The van der Waals surface area contributed by atoms with Crippen molar-refractivity contribution in [1.29, 1.82) is 0 Å². The number of nitrogens with one attached hydrogen (secondary N) is 1. The predicted octanol–water partition coefficient (Wildman–Crippen LogP) is 4.03. The lowest BCUT2D eigenvalue weighted by Gasteiger charge is -2.14. The van der Waals surface area contributed by atoms with Crippen molar-refractivity contribution in [1.82, 2.24) is 5.32 Å². The van der Waals surface area contributed by atoms with Crippen molar-refractivity contribution in [3.63, 3.8) is 0 Å². The van der Waals surface area contributed by atoms with Crippen LogP contribution in [0.5, 0.6) is 0 Å². The quantitative estimate of drug-likeness (QED) is 0.903. The van der Waals surface area contributed by atoms with Crippen molar-refractivity contribution in [2.45, 2.75) is 33.4 Å². The first-order valence-corrected chi connectivity index (χ1v) is 6.22. The molecule has 0 radical (unpaired) electrons. The molecule has 2 rings (SSSR count). The molecule has 0 spiro atoms. The maximum Gasteiger partial charge on any atom is 0.130 e. The Balaban J connectivity index is 2.08. The highest BCUT2D eigenvalue weighted by atomic mass is 19.1. The largest absolute Gasteiger partial charge is 0.466 e. The SMILES string of the molecule is Cc1cc(C(C)NCc2c(F)cccc2F)c(C)o1. The summed E-state index contributed by atoms with van der Waals surface area (Å²) < 4.78 is 32.4. The lowest BCUT2D eigenvalue weighted by Crippen LogP contribution is -2.19. The van der Waals surface area contributed by atoms with Gasteiger partial charge >= 0.3 is 0 Å². The second-order valence-electron chi connectivity index (χ2n) is 4.67. The van der Waals surface area contributed by atoms with Gasteiger partial charge in [0.1, 0.15) is 23.2 Å². The first-order chi connectivity index (χ1) is 8.99. The number of hydrogen-bond donors (Lipinski definition) is 1. The van der Waals surface area contributed by atoms with Crippen molar-refractivity contribution in [2.75, 3.05) is 0 Å². The minimum absolute atomic E-state index is 0.0311. The molecule has 1 aromatic heterocycles. The monoisotopic (exact) mass is 265 g/mol. The lowest BCUT2D eigenvalue weighted by atomic mass is 10.1. The zero-order valence-corrected chi connectivity index (χ0v) is 11.3. The highest BCUT2D eigenvalue weighted by Gasteiger charge is 2.14. The molecule has 0 aliphatic carbocycles. The molecule has 0 aliphatic rings. The van der Waals surface area contributed by atoms with Gasteiger partial charge in [-0.25, -0.2) is 8.78 Å². The fourth-order valence-electron chi connectivity index (χ4n) is 2.15. The normalized spacial score (nSPS) is 12.7. The summed E-state index contributed by atoms with van der Waals surface area (Å²) in [5.74, 6) is 0.601. The minimum atomic E-state index is -0.528. The molecular weight excluding hydrogens is 248 g/mol. The number of benzene rings is 1. The van der Waals surface area contributed by atoms with Crippen LogP contribution in [0.3, 0.4) is 0 Å². The van der Waals surface area contributed by atoms with E-state index >= 15 is 0 Å². The Morgan fingerprint density at radius 2 is 1.84 bits per heavy atom. The fraction of sp³-hybridized carbons (Fsp3) is 0.333. The van der Waals surface area contributed by atoms with E-state index in [9.17, 15) is 8.78 Å². The Kier molecular flexibility index (Phi) is 4.00. The van der Waals surface area contributed by atoms with Crippen LogP contribution >= 0.6 is 0 Å². The molecule has 0 bridgehead atoms. The van der Waals surface area contributed by atoms with Crippen LogP contribution in [-0.2, 0) is 6.54 Å². The smallest absolute Gasteiger partial charge is 0.130 e. The van der Waals surface area contributed by atoms with Crippen LogP contribution in [0.25, 0.3) is 0 Å². The topological polar surface area (TPSA) is 25.2 Å². The Morgan fingerprint density at radius 1 is 1.21 bits per heavy atom. The molecular formula is C15H17F2NO. The van der Waals surface area contributed by atoms with Crippen LogP contribution in [0, 0.1) is 25.5 Å². The summed E-state index contributed by atoms with van der Waals surface area (Å²) in [6.45, 7) is 5.84. The number of furan rings is 1.